The van der Waals surface area contributed by atoms with Gasteiger partial charge in [0.25, 0.3) is 5.91 Å². The number of hydrogen-bond acceptors (Lipinski definition) is 7. The Morgan fingerprint density at radius 3 is 2.24 bits per heavy atom. The summed E-state index contributed by atoms with van der Waals surface area (Å²) in [7, 11) is -3.87. The second kappa shape index (κ2) is 10.1. The average Bonchev–Trinajstić information content (AvgIpc) is 2.89. The number of pyridine rings is 2. The third kappa shape index (κ3) is 5.72. The standard InChI is InChI=1S/C27H22N6O3S/c28-37(35,36)23-7-8-25-24(17-23)26(11-14-30-25)32-20-4-1-3-18(15-20)27(34)33-22-6-2-5-21(16-22)31-19-9-12-29-13-10-19/h1-17H,(H,29,31)(H,30,32)(H,33,34)(H2,28,35,36). The predicted molar refractivity (Wildman–Crippen MR) is 145 cm³/mol. The predicted octanol–water partition coefficient (Wildman–Crippen LogP) is 5.02. The van der Waals surface area contributed by atoms with Gasteiger partial charge in [-0.25, -0.2) is 13.6 Å². The number of carbonyl (C=O) groups excluding carboxylic acids is 1. The number of sulfonamides is 1. The smallest absolute Gasteiger partial charge is 0.255 e. The number of carbonyl (C=O) groups is 1. The molecule has 1 amide bonds. The summed E-state index contributed by atoms with van der Waals surface area (Å²) in [5.41, 5.74) is 4.67. The average molecular weight is 511 g/mol. The van der Waals surface area contributed by atoms with Crippen LogP contribution < -0.4 is 21.1 Å². The van der Waals surface area contributed by atoms with Gasteiger partial charge in [0.15, 0.2) is 0 Å². The Kier molecular flexibility index (Phi) is 6.50. The summed E-state index contributed by atoms with van der Waals surface area (Å²) >= 11 is 0. The van der Waals surface area contributed by atoms with E-state index in [0.29, 0.717) is 33.5 Å². The molecule has 0 bridgehead atoms. The fraction of sp³-hybridized carbons (Fsp3) is 0. The number of fused-ring (bicyclic) bond motifs is 1. The monoisotopic (exact) mass is 510 g/mol. The zero-order chi connectivity index (χ0) is 25.8. The number of hydrogen-bond donors (Lipinski definition) is 4. The van der Waals surface area contributed by atoms with E-state index in [1.807, 2.05) is 42.5 Å². The molecular formula is C27H22N6O3S. The molecule has 0 aliphatic rings. The highest BCUT2D eigenvalue weighted by atomic mass is 32.2. The lowest BCUT2D eigenvalue weighted by Gasteiger charge is -2.12. The molecule has 5 N–H and O–H groups in total. The molecule has 0 unspecified atom stereocenters. The van der Waals surface area contributed by atoms with E-state index < -0.39 is 10.0 Å². The zero-order valence-electron chi connectivity index (χ0n) is 19.4. The Morgan fingerprint density at radius 2 is 1.46 bits per heavy atom. The van der Waals surface area contributed by atoms with E-state index in [0.717, 1.165) is 11.4 Å². The quantitative estimate of drug-likeness (QED) is 0.241. The second-order valence-electron chi connectivity index (χ2n) is 8.18. The van der Waals surface area contributed by atoms with Gasteiger partial charge in [-0.2, -0.15) is 0 Å². The van der Waals surface area contributed by atoms with Crippen LogP contribution in [0.5, 0.6) is 0 Å². The molecular weight excluding hydrogens is 488 g/mol. The number of aromatic nitrogens is 2. The summed E-state index contributed by atoms with van der Waals surface area (Å²) in [5.74, 6) is -0.277. The molecule has 37 heavy (non-hydrogen) atoms. The summed E-state index contributed by atoms with van der Waals surface area (Å²) in [5, 5.41) is 15.3. The van der Waals surface area contributed by atoms with E-state index in [-0.39, 0.29) is 10.8 Å². The van der Waals surface area contributed by atoms with Crippen molar-refractivity contribution in [1.29, 1.82) is 0 Å². The molecule has 2 heterocycles. The van der Waals surface area contributed by atoms with Crippen LogP contribution in [0, 0.1) is 0 Å². The first-order valence-electron chi connectivity index (χ1n) is 11.2. The summed E-state index contributed by atoms with van der Waals surface area (Å²) in [6.45, 7) is 0. The molecule has 0 radical (unpaired) electrons. The fourth-order valence-electron chi connectivity index (χ4n) is 3.78. The largest absolute Gasteiger partial charge is 0.355 e. The molecule has 2 aromatic heterocycles. The minimum atomic E-state index is -3.87. The lowest BCUT2D eigenvalue weighted by molar-refractivity contribution is 0.102. The molecule has 3 aromatic carbocycles. The third-order valence-electron chi connectivity index (χ3n) is 5.53. The summed E-state index contributed by atoms with van der Waals surface area (Å²) in [6.07, 6.45) is 5.01. The van der Waals surface area contributed by atoms with Crippen LogP contribution in [0.25, 0.3) is 10.9 Å². The van der Waals surface area contributed by atoms with E-state index in [2.05, 4.69) is 25.9 Å². The van der Waals surface area contributed by atoms with Gasteiger partial charge in [-0.3, -0.25) is 14.8 Å². The van der Waals surface area contributed by atoms with E-state index in [1.165, 1.54) is 12.1 Å². The molecule has 5 rings (SSSR count). The van der Waals surface area contributed by atoms with Gasteiger partial charge in [0.05, 0.1) is 10.4 Å². The Labute approximate surface area is 213 Å². The topological polar surface area (TPSA) is 139 Å². The second-order valence-corrected chi connectivity index (χ2v) is 9.75. The van der Waals surface area contributed by atoms with Gasteiger partial charge >= 0.3 is 0 Å². The Hall–Kier alpha value is -4.80. The van der Waals surface area contributed by atoms with Crippen molar-refractivity contribution in [2.75, 3.05) is 16.0 Å². The van der Waals surface area contributed by atoms with E-state index in [4.69, 9.17) is 5.14 Å². The van der Waals surface area contributed by atoms with E-state index in [1.54, 1.807) is 48.9 Å². The van der Waals surface area contributed by atoms with Crippen molar-refractivity contribution in [3.05, 3.63) is 109 Å². The van der Waals surface area contributed by atoms with Crippen molar-refractivity contribution in [2.45, 2.75) is 4.90 Å². The fourth-order valence-corrected chi connectivity index (χ4v) is 4.32. The molecule has 9 nitrogen and oxygen atoms in total. The lowest BCUT2D eigenvalue weighted by atomic mass is 10.1. The maximum Gasteiger partial charge on any atom is 0.255 e. The first kappa shape index (κ1) is 23.9. The molecule has 5 aromatic rings. The summed E-state index contributed by atoms with van der Waals surface area (Å²) in [6, 6.07) is 24.3. The number of nitrogens with zero attached hydrogens (tertiary/aromatic N) is 2. The highest BCUT2D eigenvalue weighted by Crippen LogP contribution is 2.28. The van der Waals surface area contributed by atoms with Crippen LogP contribution in [0.4, 0.5) is 28.4 Å². The highest BCUT2D eigenvalue weighted by Gasteiger charge is 2.12. The first-order chi connectivity index (χ1) is 17.8. The Balaban J connectivity index is 1.35. The first-order valence-corrected chi connectivity index (χ1v) is 12.8. The van der Waals surface area contributed by atoms with E-state index in [9.17, 15) is 13.2 Å². The number of primary sulfonamides is 1. The summed E-state index contributed by atoms with van der Waals surface area (Å²) in [4.78, 5) is 21.3. The number of anilines is 5. The number of nitrogens with one attached hydrogen (secondary N) is 3. The van der Waals surface area contributed by atoms with Crippen LogP contribution in [-0.4, -0.2) is 24.3 Å². The van der Waals surface area contributed by atoms with Crippen molar-refractivity contribution < 1.29 is 13.2 Å². The molecule has 0 spiro atoms. The van der Waals surface area contributed by atoms with Crippen molar-refractivity contribution in [3.8, 4) is 0 Å². The molecule has 10 heteroatoms. The lowest BCUT2D eigenvalue weighted by Crippen LogP contribution is -2.12. The van der Waals surface area contributed by atoms with Gasteiger partial charge in [-0.1, -0.05) is 12.1 Å². The Morgan fingerprint density at radius 1 is 0.730 bits per heavy atom. The van der Waals surface area contributed by atoms with Crippen LogP contribution in [0.3, 0.4) is 0 Å². The third-order valence-corrected chi connectivity index (χ3v) is 6.45. The molecule has 0 atom stereocenters. The molecule has 0 aliphatic carbocycles. The van der Waals surface area contributed by atoms with Crippen LogP contribution in [0.1, 0.15) is 10.4 Å². The van der Waals surface area contributed by atoms with Crippen molar-refractivity contribution in [2.24, 2.45) is 5.14 Å². The van der Waals surface area contributed by atoms with Gasteiger partial charge in [0.2, 0.25) is 10.0 Å². The number of rotatable bonds is 7. The van der Waals surface area contributed by atoms with E-state index >= 15 is 0 Å². The minimum Gasteiger partial charge on any atom is -0.355 e. The van der Waals surface area contributed by atoms with Gasteiger partial charge in [-0.15, -0.1) is 0 Å². The van der Waals surface area contributed by atoms with Crippen LogP contribution in [0.15, 0.2) is 108 Å². The molecule has 184 valence electrons. The van der Waals surface area contributed by atoms with Crippen molar-refractivity contribution in [3.63, 3.8) is 0 Å². The van der Waals surface area contributed by atoms with Crippen molar-refractivity contribution >= 4 is 55.3 Å². The maximum atomic E-state index is 13.0. The van der Waals surface area contributed by atoms with Crippen molar-refractivity contribution in [1.82, 2.24) is 9.97 Å². The number of benzene rings is 3. The van der Waals surface area contributed by atoms with Gasteiger partial charge in [0, 0.05) is 58.0 Å². The van der Waals surface area contributed by atoms with Crippen LogP contribution in [0.2, 0.25) is 0 Å². The van der Waals surface area contributed by atoms with Crippen LogP contribution in [-0.2, 0) is 10.0 Å². The van der Waals surface area contributed by atoms with Crippen LogP contribution >= 0.6 is 0 Å². The number of amides is 1. The highest BCUT2D eigenvalue weighted by molar-refractivity contribution is 7.89. The molecule has 0 aliphatic heterocycles. The molecule has 0 fully saturated rings. The molecule has 0 saturated carbocycles. The van der Waals surface area contributed by atoms with Gasteiger partial charge < -0.3 is 16.0 Å². The molecule has 0 saturated heterocycles. The Bertz CT molecular complexity index is 1710. The summed E-state index contributed by atoms with van der Waals surface area (Å²) < 4.78 is 23.6. The van der Waals surface area contributed by atoms with Gasteiger partial charge in [0.1, 0.15) is 0 Å². The van der Waals surface area contributed by atoms with Gasteiger partial charge in [-0.05, 0) is 72.8 Å². The number of nitrogens with two attached hydrogens (primary N) is 1. The normalized spacial score (nSPS) is 11.2. The minimum absolute atomic E-state index is 0.00942. The SMILES string of the molecule is NS(=O)(=O)c1ccc2nccc(Nc3cccc(C(=O)Nc4cccc(Nc5ccncc5)c4)c3)c2c1. The maximum absolute atomic E-state index is 13.0. The zero-order valence-corrected chi connectivity index (χ0v) is 20.2.